The van der Waals surface area contributed by atoms with Crippen LogP contribution in [0.3, 0.4) is 0 Å². The maximum absolute atomic E-state index is 5.85. The van der Waals surface area contributed by atoms with Crippen LogP contribution in [0.1, 0.15) is 45.4 Å². The van der Waals surface area contributed by atoms with Gasteiger partial charge in [-0.15, -0.1) is 0 Å². The molecule has 0 aliphatic heterocycles. The van der Waals surface area contributed by atoms with Crippen molar-refractivity contribution in [1.29, 1.82) is 0 Å². The number of anilines is 3. The molecule has 1 aromatic rings. The Balaban J connectivity index is 1.58. The van der Waals surface area contributed by atoms with Crippen LogP contribution in [-0.2, 0) is 0 Å². The summed E-state index contributed by atoms with van der Waals surface area (Å²) in [7, 11) is 0. The normalized spacial score (nSPS) is 36.7. The van der Waals surface area contributed by atoms with Gasteiger partial charge in [0, 0.05) is 18.2 Å². The molecule has 4 saturated carbocycles. The van der Waals surface area contributed by atoms with Crippen molar-refractivity contribution < 1.29 is 0 Å². The number of hydrogen-bond donors (Lipinski definition) is 3. The summed E-state index contributed by atoms with van der Waals surface area (Å²) in [6.07, 6.45) is 8.28. The van der Waals surface area contributed by atoms with Gasteiger partial charge in [0.05, 0.1) is 0 Å². The Kier molecular flexibility index (Phi) is 2.98. The van der Waals surface area contributed by atoms with Crippen LogP contribution in [0.2, 0.25) is 0 Å². The fourth-order valence-corrected chi connectivity index (χ4v) is 5.34. The summed E-state index contributed by atoms with van der Waals surface area (Å²) >= 11 is 0. The first kappa shape index (κ1) is 13.2. The molecule has 0 amide bonds. The van der Waals surface area contributed by atoms with Gasteiger partial charge in [0.25, 0.3) is 0 Å². The molecule has 1 heterocycles. The van der Waals surface area contributed by atoms with Crippen molar-refractivity contribution in [3.8, 4) is 0 Å². The maximum Gasteiger partial charge on any atom is 0.223 e. The zero-order valence-corrected chi connectivity index (χ0v) is 12.7. The molecule has 0 radical (unpaired) electrons. The molecule has 1 aromatic heterocycles. The lowest BCUT2D eigenvalue weighted by atomic mass is 9.53. The Bertz CT molecular complexity index is 506. The topological polar surface area (TPSA) is 75.9 Å². The second-order valence-electron chi connectivity index (χ2n) is 7.35. The van der Waals surface area contributed by atoms with Crippen LogP contribution in [0, 0.1) is 17.8 Å². The predicted molar refractivity (Wildman–Crippen MR) is 85.1 cm³/mol. The number of nitrogens with zero attached hydrogens (tertiary/aromatic N) is 2. The summed E-state index contributed by atoms with van der Waals surface area (Å²) in [5.74, 6) is 4.84. The zero-order valence-electron chi connectivity index (χ0n) is 12.7. The van der Waals surface area contributed by atoms with Gasteiger partial charge in [0.15, 0.2) is 0 Å². The van der Waals surface area contributed by atoms with Crippen LogP contribution >= 0.6 is 0 Å². The van der Waals surface area contributed by atoms with Gasteiger partial charge in [-0.25, -0.2) is 0 Å². The summed E-state index contributed by atoms with van der Waals surface area (Å²) in [4.78, 5) is 8.64. The Morgan fingerprint density at radius 1 is 1.10 bits per heavy atom. The van der Waals surface area contributed by atoms with Gasteiger partial charge >= 0.3 is 0 Å². The molecule has 0 aromatic carbocycles. The third-order valence-corrected chi connectivity index (χ3v) is 5.53. The molecular weight excluding hydrogens is 262 g/mol. The van der Waals surface area contributed by atoms with E-state index in [4.69, 9.17) is 5.73 Å². The second kappa shape index (κ2) is 4.75. The summed E-state index contributed by atoms with van der Waals surface area (Å²) in [6.45, 7) is 2.90. The fourth-order valence-electron chi connectivity index (χ4n) is 5.34. The van der Waals surface area contributed by atoms with E-state index in [1.165, 1.54) is 38.5 Å². The Morgan fingerprint density at radius 2 is 1.67 bits per heavy atom. The van der Waals surface area contributed by atoms with Gasteiger partial charge in [0.2, 0.25) is 5.95 Å². The first-order valence-corrected chi connectivity index (χ1v) is 8.31. The Labute approximate surface area is 126 Å². The summed E-state index contributed by atoms with van der Waals surface area (Å²) in [5, 5.41) is 6.98. The van der Waals surface area contributed by atoms with Crippen molar-refractivity contribution in [1.82, 2.24) is 9.97 Å². The number of aromatic nitrogens is 2. The molecule has 4 bridgehead atoms. The molecule has 0 spiro atoms. The smallest absolute Gasteiger partial charge is 0.223 e. The molecule has 21 heavy (non-hydrogen) atoms. The van der Waals surface area contributed by atoms with Crippen LogP contribution in [0.5, 0.6) is 0 Å². The van der Waals surface area contributed by atoms with E-state index < -0.39 is 0 Å². The van der Waals surface area contributed by atoms with Gasteiger partial charge in [-0.05, 0) is 63.2 Å². The van der Waals surface area contributed by atoms with Crippen LogP contribution in [0.4, 0.5) is 17.6 Å². The minimum Gasteiger partial charge on any atom is -0.370 e. The fraction of sp³-hybridized carbons (Fsp3) is 0.750. The van der Waals surface area contributed by atoms with Gasteiger partial charge in [-0.1, -0.05) is 0 Å². The van der Waals surface area contributed by atoms with Crippen LogP contribution < -0.4 is 16.4 Å². The van der Waals surface area contributed by atoms with E-state index in [1.54, 1.807) is 0 Å². The lowest BCUT2D eigenvalue weighted by Crippen LogP contribution is -2.54. The van der Waals surface area contributed by atoms with Crippen LogP contribution in [0.25, 0.3) is 0 Å². The second-order valence-corrected chi connectivity index (χ2v) is 7.35. The number of hydrogen-bond acceptors (Lipinski definition) is 5. The summed E-state index contributed by atoms with van der Waals surface area (Å²) < 4.78 is 0. The van der Waals surface area contributed by atoms with E-state index in [1.807, 2.05) is 6.07 Å². The Hall–Kier alpha value is -1.52. The van der Waals surface area contributed by atoms with E-state index in [9.17, 15) is 0 Å². The number of nitrogens with two attached hydrogens (primary N) is 1. The van der Waals surface area contributed by atoms with Crippen molar-refractivity contribution >= 4 is 17.6 Å². The molecule has 4 fully saturated rings. The van der Waals surface area contributed by atoms with Crippen LogP contribution in [0.15, 0.2) is 6.07 Å². The molecule has 114 valence electrons. The number of nitrogens with one attached hydrogen (secondary N) is 2. The highest BCUT2D eigenvalue weighted by Gasteiger charge is 2.51. The molecular formula is C16H25N5. The van der Waals surface area contributed by atoms with Crippen molar-refractivity contribution in [2.75, 3.05) is 22.9 Å². The molecule has 5 heteroatoms. The van der Waals surface area contributed by atoms with Crippen molar-refractivity contribution in [3.05, 3.63) is 6.07 Å². The predicted octanol–water partition coefficient (Wildman–Crippen LogP) is 2.87. The van der Waals surface area contributed by atoms with Gasteiger partial charge in [-0.3, -0.25) is 0 Å². The molecule has 5 nitrogen and oxygen atoms in total. The molecule has 0 unspecified atom stereocenters. The third-order valence-electron chi connectivity index (χ3n) is 5.53. The first-order valence-electron chi connectivity index (χ1n) is 8.31. The lowest BCUT2D eigenvalue weighted by molar-refractivity contribution is 0.0105. The minimum atomic E-state index is 0.263. The maximum atomic E-state index is 5.85. The Morgan fingerprint density at radius 3 is 2.24 bits per heavy atom. The molecule has 0 saturated heterocycles. The first-order chi connectivity index (χ1) is 10.1. The standard InChI is InChI=1S/C16H25N5/c1-2-18-13-6-14(20-15(17)19-13)21-16-7-10-3-11(8-16)5-12(4-10)9-16/h6,10-12H,2-5,7-9H2,1H3,(H4,17,18,19,20,21). The number of rotatable bonds is 4. The zero-order chi connectivity index (χ0) is 14.4. The monoisotopic (exact) mass is 287 g/mol. The summed E-state index contributed by atoms with van der Waals surface area (Å²) in [5.41, 5.74) is 6.12. The van der Waals surface area contributed by atoms with E-state index in [0.717, 1.165) is 35.9 Å². The molecule has 4 aliphatic rings. The lowest BCUT2D eigenvalue weighted by Gasteiger charge is -2.57. The molecule has 5 rings (SSSR count). The third kappa shape index (κ3) is 2.43. The highest BCUT2D eigenvalue weighted by atomic mass is 15.1. The average molecular weight is 287 g/mol. The SMILES string of the molecule is CCNc1cc(NC23CC4CC(CC(C4)C2)C3)nc(N)n1. The van der Waals surface area contributed by atoms with Gasteiger partial charge < -0.3 is 16.4 Å². The van der Waals surface area contributed by atoms with Crippen molar-refractivity contribution in [3.63, 3.8) is 0 Å². The summed E-state index contributed by atoms with van der Waals surface area (Å²) in [6, 6.07) is 2.00. The van der Waals surface area contributed by atoms with Crippen LogP contribution in [-0.4, -0.2) is 22.1 Å². The number of nitrogen functional groups attached to an aromatic ring is 1. The molecule has 4 N–H and O–H groups in total. The van der Waals surface area contributed by atoms with Gasteiger partial charge in [-0.2, -0.15) is 9.97 Å². The van der Waals surface area contributed by atoms with E-state index in [2.05, 4.69) is 27.5 Å². The van der Waals surface area contributed by atoms with E-state index in [0.29, 0.717) is 5.95 Å². The van der Waals surface area contributed by atoms with Gasteiger partial charge in [0.1, 0.15) is 11.6 Å². The minimum absolute atomic E-state index is 0.263. The molecule has 0 atom stereocenters. The van der Waals surface area contributed by atoms with E-state index in [-0.39, 0.29) is 5.54 Å². The van der Waals surface area contributed by atoms with Crippen molar-refractivity contribution in [2.24, 2.45) is 17.8 Å². The van der Waals surface area contributed by atoms with E-state index >= 15 is 0 Å². The largest absolute Gasteiger partial charge is 0.370 e. The highest BCUT2D eigenvalue weighted by molar-refractivity contribution is 5.52. The highest BCUT2D eigenvalue weighted by Crippen LogP contribution is 2.56. The average Bonchev–Trinajstić information content (AvgIpc) is 2.35. The molecule has 4 aliphatic carbocycles. The van der Waals surface area contributed by atoms with Crippen molar-refractivity contribution in [2.45, 2.75) is 51.0 Å². The quantitative estimate of drug-likeness (QED) is 0.794.